The highest BCUT2D eigenvalue weighted by Gasteiger charge is 2.28. The third kappa shape index (κ3) is 3.03. The molecule has 3 nitrogen and oxygen atoms in total. The highest BCUT2D eigenvalue weighted by atomic mass is 16.1. The number of carbonyl (C=O) groups is 1. The highest BCUT2D eigenvalue weighted by molar-refractivity contribution is 6.03. The number of rotatable bonds is 4. The zero-order valence-electron chi connectivity index (χ0n) is 8.00. The van der Waals surface area contributed by atoms with Crippen LogP contribution >= 0.6 is 0 Å². The number of ketones is 1. The van der Waals surface area contributed by atoms with E-state index < -0.39 is 0 Å². The van der Waals surface area contributed by atoms with Gasteiger partial charge in [-0.1, -0.05) is 0 Å². The lowest BCUT2D eigenvalue weighted by Gasteiger charge is -2.08. The Kier molecular flexibility index (Phi) is 2.84. The molecule has 3 heteroatoms. The summed E-state index contributed by atoms with van der Waals surface area (Å²) in [5.74, 6) is 0.804. The van der Waals surface area contributed by atoms with E-state index in [4.69, 9.17) is 0 Å². The molecule has 1 saturated carbocycles. The molecular formula is C9H16N2O. The van der Waals surface area contributed by atoms with Crippen molar-refractivity contribution in [2.75, 3.05) is 14.1 Å². The average Bonchev–Trinajstić information content (AvgIpc) is 2.63. The van der Waals surface area contributed by atoms with Crippen LogP contribution in [0.2, 0.25) is 0 Å². The van der Waals surface area contributed by atoms with Gasteiger partial charge in [-0.3, -0.25) is 4.79 Å². The molecule has 0 N–H and O–H groups in total. The lowest BCUT2D eigenvalue weighted by atomic mass is 10.1. The van der Waals surface area contributed by atoms with Gasteiger partial charge in [-0.2, -0.15) is 5.10 Å². The molecule has 0 unspecified atom stereocenters. The summed E-state index contributed by atoms with van der Waals surface area (Å²) in [6.07, 6.45) is 2.95. The number of carbonyl (C=O) groups excluding carboxylic acids is 1. The molecule has 0 amide bonds. The average molecular weight is 168 g/mol. The molecule has 0 heterocycles. The van der Waals surface area contributed by atoms with E-state index in [1.807, 2.05) is 14.1 Å². The lowest BCUT2D eigenvalue weighted by molar-refractivity contribution is -0.115. The topological polar surface area (TPSA) is 32.7 Å². The first-order valence-corrected chi connectivity index (χ1v) is 4.33. The SMILES string of the molecule is CC(=O)C/C(=N/N(C)C)C1CC1. The van der Waals surface area contributed by atoms with Gasteiger partial charge < -0.3 is 5.01 Å². The predicted octanol–water partition coefficient (Wildman–Crippen LogP) is 1.29. The summed E-state index contributed by atoms with van der Waals surface area (Å²) in [4.78, 5) is 10.9. The second-order valence-corrected chi connectivity index (χ2v) is 3.59. The van der Waals surface area contributed by atoms with Gasteiger partial charge in [0, 0.05) is 26.2 Å². The summed E-state index contributed by atoms with van der Waals surface area (Å²) in [5.41, 5.74) is 1.06. The Bertz CT molecular complexity index is 205. The van der Waals surface area contributed by atoms with E-state index in [1.54, 1.807) is 11.9 Å². The van der Waals surface area contributed by atoms with Crippen molar-refractivity contribution in [1.29, 1.82) is 0 Å². The maximum Gasteiger partial charge on any atom is 0.135 e. The van der Waals surface area contributed by atoms with Crippen LogP contribution in [0.1, 0.15) is 26.2 Å². The summed E-state index contributed by atoms with van der Waals surface area (Å²) in [6.45, 7) is 1.62. The molecule has 0 bridgehead atoms. The molecule has 0 radical (unpaired) electrons. The summed E-state index contributed by atoms with van der Waals surface area (Å²) >= 11 is 0. The molecule has 0 aromatic carbocycles. The molecule has 68 valence electrons. The van der Waals surface area contributed by atoms with E-state index >= 15 is 0 Å². The number of hydrogen-bond acceptors (Lipinski definition) is 3. The molecule has 1 fully saturated rings. The van der Waals surface area contributed by atoms with E-state index in [-0.39, 0.29) is 5.78 Å². The number of Topliss-reactive ketones (excluding diaryl/α,β-unsaturated/α-hetero) is 1. The van der Waals surface area contributed by atoms with Gasteiger partial charge in [0.25, 0.3) is 0 Å². The minimum Gasteiger partial charge on any atom is -0.303 e. The van der Waals surface area contributed by atoms with Crippen molar-refractivity contribution < 1.29 is 4.79 Å². The van der Waals surface area contributed by atoms with E-state index in [0.29, 0.717) is 12.3 Å². The van der Waals surface area contributed by atoms with Gasteiger partial charge >= 0.3 is 0 Å². The Balaban J connectivity index is 2.54. The molecule has 1 rings (SSSR count). The van der Waals surface area contributed by atoms with E-state index in [2.05, 4.69) is 5.10 Å². The second kappa shape index (κ2) is 3.70. The molecule has 0 spiro atoms. The molecule has 12 heavy (non-hydrogen) atoms. The van der Waals surface area contributed by atoms with Crippen LogP contribution < -0.4 is 0 Å². The third-order valence-corrected chi connectivity index (χ3v) is 1.81. The maximum atomic E-state index is 10.9. The zero-order valence-corrected chi connectivity index (χ0v) is 8.00. The minimum absolute atomic E-state index is 0.211. The van der Waals surface area contributed by atoms with Crippen molar-refractivity contribution in [3.8, 4) is 0 Å². The lowest BCUT2D eigenvalue weighted by Crippen LogP contribution is -2.13. The van der Waals surface area contributed by atoms with Crippen LogP contribution in [0.5, 0.6) is 0 Å². The summed E-state index contributed by atoms with van der Waals surface area (Å²) in [6, 6.07) is 0. The van der Waals surface area contributed by atoms with Gasteiger partial charge in [-0.05, 0) is 25.7 Å². The fourth-order valence-electron chi connectivity index (χ4n) is 1.19. The van der Waals surface area contributed by atoms with Crippen LogP contribution in [0.4, 0.5) is 0 Å². The van der Waals surface area contributed by atoms with Crippen LogP contribution in [-0.2, 0) is 4.79 Å². The first-order chi connectivity index (χ1) is 5.59. The highest BCUT2D eigenvalue weighted by Crippen LogP contribution is 2.32. The van der Waals surface area contributed by atoms with Gasteiger partial charge in [-0.15, -0.1) is 0 Å². The molecule has 0 aliphatic heterocycles. The molecule has 0 saturated heterocycles. The van der Waals surface area contributed by atoms with E-state index in [0.717, 1.165) is 5.71 Å². The van der Waals surface area contributed by atoms with Crippen molar-refractivity contribution in [3.05, 3.63) is 0 Å². The van der Waals surface area contributed by atoms with Gasteiger partial charge in [0.05, 0.1) is 0 Å². The third-order valence-electron chi connectivity index (χ3n) is 1.81. The molecule has 1 aliphatic rings. The van der Waals surface area contributed by atoms with Crippen LogP contribution in [-0.4, -0.2) is 30.6 Å². The first kappa shape index (κ1) is 9.23. The first-order valence-electron chi connectivity index (χ1n) is 4.33. The Labute approximate surface area is 73.4 Å². The van der Waals surface area contributed by atoms with Crippen LogP contribution in [0, 0.1) is 5.92 Å². The Morgan fingerprint density at radius 3 is 2.42 bits per heavy atom. The van der Waals surface area contributed by atoms with Crippen LogP contribution in [0.25, 0.3) is 0 Å². The van der Waals surface area contributed by atoms with Gasteiger partial charge in [-0.25, -0.2) is 0 Å². The number of hydrogen-bond donors (Lipinski definition) is 0. The molecule has 0 atom stereocenters. The van der Waals surface area contributed by atoms with Crippen LogP contribution in [0.3, 0.4) is 0 Å². The number of hydrazone groups is 1. The molecule has 0 aromatic heterocycles. The quantitative estimate of drug-likeness (QED) is 0.468. The van der Waals surface area contributed by atoms with Gasteiger partial charge in [0.1, 0.15) is 5.78 Å². The normalized spacial score (nSPS) is 17.8. The van der Waals surface area contributed by atoms with Crippen molar-refractivity contribution in [1.82, 2.24) is 5.01 Å². The van der Waals surface area contributed by atoms with Gasteiger partial charge in [0.2, 0.25) is 0 Å². The summed E-state index contributed by atoms with van der Waals surface area (Å²) < 4.78 is 0. The van der Waals surface area contributed by atoms with Crippen molar-refractivity contribution >= 4 is 11.5 Å². The Hall–Kier alpha value is -0.860. The Morgan fingerprint density at radius 1 is 1.50 bits per heavy atom. The fraction of sp³-hybridized carbons (Fsp3) is 0.778. The number of nitrogens with zero attached hydrogens (tertiary/aromatic N) is 2. The van der Waals surface area contributed by atoms with E-state index in [9.17, 15) is 4.79 Å². The standard InChI is InChI=1S/C9H16N2O/c1-7(12)6-9(8-4-5-8)10-11(2)3/h8H,4-6H2,1-3H3/b10-9-. The van der Waals surface area contributed by atoms with Crippen molar-refractivity contribution in [2.24, 2.45) is 11.0 Å². The smallest absolute Gasteiger partial charge is 0.135 e. The van der Waals surface area contributed by atoms with Crippen molar-refractivity contribution in [3.63, 3.8) is 0 Å². The van der Waals surface area contributed by atoms with Crippen LogP contribution in [0.15, 0.2) is 5.10 Å². The van der Waals surface area contributed by atoms with Crippen molar-refractivity contribution in [2.45, 2.75) is 26.2 Å². The maximum absolute atomic E-state index is 10.9. The molecular weight excluding hydrogens is 152 g/mol. The second-order valence-electron chi connectivity index (χ2n) is 3.59. The van der Waals surface area contributed by atoms with E-state index in [1.165, 1.54) is 12.8 Å². The minimum atomic E-state index is 0.211. The predicted molar refractivity (Wildman–Crippen MR) is 49.1 cm³/mol. The monoisotopic (exact) mass is 168 g/mol. The Morgan fingerprint density at radius 2 is 2.08 bits per heavy atom. The molecule has 1 aliphatic carbocycles. The zero-order chi connectivity index (χ0) is 9.14. The summed E-state index contributed by atoms with van der Waals surface area (Å²) in [5, 5.41) is 6.08. The molecule has 0 aromatic rings. The largest absolute Gasteiger partial charge is 0.303 e. The fourth-order valence-corrected chi connectivity index (χ4v) is 1.19. The summed E-state index contributed by atoms with van der Waals surface area (Å²) in [7, 11) is 3.78. The van der Waals surface area contributed by atoms with Gasteiger partial charge in [0.15, 0.2) is 0 Å².